The molecule has 2 aromatic carbocycles. The molecule has 0 amide bonds. The summed E-state index contributed by atoms with van der Waals surface area (Å²) in [5, 5.41) is 0. The van der Waals surface area contributed by atoms with Crippen molar-refractivity contribution in [1.82, 2.24) is 0 Å². The predicted octanol–water partition coefficient (Wildman–Crippen LogP) is 4.75. The molecule has 1 nitrogen and oxygen atoms in total. The van der Waals surface area contributed by atoms with Crippen LogP contribution in [0.2, 0.25) is 0 Å². The van der Waals surface area contributed by atoms with Gasteiger partial charge in [-0.1, -0.05) is 30.3 Å². The molecule has 1 heteroatoms. The van der Waals surface area contributed by atoms with Gasteiger partial charge in [0.05, 0.1) is 0 Å². The molecule has 0 unspecified atom stereocenters. The topological polar surface area (TPSA) is 17.1 Å². The monoisotopic (exact) mass is 276 g/mol. The van der Waals surface area contributed by atoms with E-state index >= 15 is 0 Å². The van der Waals surface area contributed by atoms with E-state index in [1.807, 2.05) is 0 Å². The molecular weight excluding hydrogens is 256 g/mol. The van der Waals surface area contributed by atoms with Crippen molar-refractivity contribution >= 4 is 5.78 Å². The molecule has 0 bridgehead atoms. The number of Topliss-reactive ketones (excluding diaryl/α,β-unsaturated/α-hetero) is 1. The highest BCUT2D eigenvalue weighted by atomic mass is 16.1. The number of carbonyl (C=O) groups excluding carboxylic acids is 1. The zero-order chi connectivity index (χ0) is 14.2. The van der Waals surface area contributed by atoms with Gasteiger partial charge in [0.2, 0.25) is 0 Å². The molecular formula is C20H20O. The summed E-state index contributed by atoms with van der Waals surface area (Å²) in [5.41, 5.74) is 7.65. The standard InChI is InChI=1S/C20H20O/c21-20-7-3-6-15-9-11-18(13-19(15)20)17-10-8-14-4-1-2-5-16(14)12-17/h8-13H,1-7H2. The molecule has 0 saturated carbocycles. The smallest absolute Gasteiger partial charge is 0.163 e. The summed E-state index contributed by atoms with van der Waals surface area (Å²) in [4.78, 5) is 12.1. The first kappa shape index (κ1) is 12.8. The molecule has 2 aliphatic carbocycles. The van der Waals surface area contributed by atoms with Gasteiger partial charge < -0.3 is 0 Å². The minimum absolute atomic E-state index is 0.316. The summed E-state index contributed by atoms with van der Waals surface area (Å²) < 4.78 is 0. The van der Waals surface area contributed by atoms with E-state index in [-0.39, 0.29) is 0 Å². The quantitative estimate of drug-likeness (QED) is 0.734. The maximum atomic E-state index is 12.1. The zero-order valence-corrected chi connectivity index (χ0v) is 12.3. The van der Waals surface area contributed by atoms with Crippen molar-refractivity contribution < 1.29 is 4.79 Å². The Kier molecular flexibility index (Phi) is 3.14. The Morgan fingerprint density at radius 1 is 0.619 bits per heavy atom. The van der Waals surface area contributed by atoms with Gasteiger partial charge in [-0.2, -0.15) is 0 Å². The van der Waals surface area contributed by atoms with Crippen molar-refractivity contribution in [3.05, 3.63) is 58.7 Å². The van der Waals surface area contributed by atoms with Crippen LogP contribution in [0.3, 0.4) is 0 Å². The third kappa shape index (κ3) is 2.31. The second kappa shape index (κ2) is 5.14. The van der Waals surface area contributed by atoms with Gasteiger partial charge in [0.25, 0.3) is 0 Å². The third-order valence-corrected chi connectivity index (χ3v) is 4.94. The number of fused-ring (bicyclic) bond motifs is 2. The number of hydrogen-bond acceptors (Lipinski definition) is 1. The van der Waals surface area contributed by atoms with Crippen LogP contribution in [0.1, 0.15) is 52.7 Å². The average molecular weight is 276 g/mol. The average Bonchev–Trinajstić information content (AvgIpc) is 2.54. The van der Waals surface area contributed by atoms with E-state index in [4.69, 9.17) is 0 Å². The minimum Gasteiger partial charge on any atom is -0.294 e. The van der Waals surface area contributed by atoms with Crippen molar-refractivity contribution in [2.75, 3.05) is 0 Å². The minimum atomic E-state index is 0.316. The number of benzene rings is 2. The molecule has 0 heterocycles. The molecule has 2 aromatic rings. The van der Waals surface area contributed by atoms with Gasteiger partial charge in [-0.25, -0.2) is 0 Å². The highest BCUT2D eigenvalue weighted by Gasteiger charge is 2.18. The molecule has 4 rings (SSSR count). The van der Waals surface area contributed by atoms with E-state index < -0.39 is 0 Å². The second-order valence-corrected chi connectivity index (χ2v) is 6.34. The van der Waals surface area contributed by atoms with Crippen LogP contribution in [-0.4, -0.2) is 5.78 Å². The summed E-state index contributed by atoms with van der Waals surface area (Å²) >= 11 is 0. The molecule has 0 spiro atoms. The van der Waals surface area contributed by atoms with Crippen molar-refractivity contribution in [2.45, 2.75) is 44.9 Å². The van der Waals surface area contributed by atoms with Gasteiger partial charge in [0, 0.05) is 12.0 Å². The van der Waals surface area contributed by atoms with Crippen molar-refractivity contribution in [3.63, 3.8) is 0 Å². The Morgan fingerprint density at radius 3 is 2.14 bits per heavy atom. The Bertz CT molecular complexity index is 712. The SMILES string of the molecule is O=C1CCCc2ccc(-c3ccc4c(c3)CCCC4)cc21. The lowest BCUT2D eigenvalue weighted by atomic mass is 9.86. The Morgan fingerprint density at radius 2 is 1.29 bits per heavy atom. The summed E-state index contributed by atoms with van der Waals surface area (Å²) in [5.74, 6) is 0.316. The van der Waals surface area contributed by atoms with Gasteiger partial charge in [0.15, 0.2) is 5.78 Å². The lowest BCUT2D eigenvalue weighted by molar-refractivity contribution is 0.0972. The summed E-state index contributed by atoms with van der Waals surface area (Å²) in [6.45, 7) is 0. The molecule has 0 atom stereocenters. The van der Waals surface area contributed by atoms with Crippen LogP contribution in [0.25, 0.3) is 11.1 Å². The molecule has 0 aliphatic heterocycles. The van der Waals surface area contributed by atoms with Gasteiger partial charge >= 0.3 is 0 Å². The maximum Gasteiger partial charge on any atom is 0.163 e. The van der Waals surface area contributed by atoms with Crippen LogP contribution in [0.15, 0.2) is 36.4 Å². The summed E-state index contributed by atoms with van der Waals surface area (Å²) in [6.07, 6.45) is 7.81. The summed E-state index contributed by atoms with van der Waals surface area (Å²) in [7, 11) is 0. The number of hydrogen-bond donors (Lipinski definition) is 0. The highest BCUT2D eigenvalue weighted by Crippen LogP contribution is 2.30. The van der Waals surface area contributed by atoms with Gasteiger partial charge in [0.1, 0.15) is 0 Å². The molecule has 0 N–H and O–H groups in total. The highest BCUT2D eigenvalue weighted by molar-refractivity contribution is 5.99. The number of ketones is 1. The van der Waals surface area contributed by atoms with Gasteiger partial charge in [-0.3, -0.25) is 4.79 Å². The van der Waals surface area contributed by atoms with Gasteiger partial charge in [-0.15, -0.1) is 0 Å². The van der Waals surface area contributed by atoms with Crippen LogP contribution in [0, 0.1) is 0 Å². The van der Waals surface area contributed by atoms with Crippen LogP contribution in [-0.2, 0) is 19.3 Å². The van der Waals surface area contributed by atoms with E-state index in [9.17, 15) is 4.79 Å². The van der Waals surface area contributed by atoms with Crippen LogP contribution < -0.4 is 0 Å². The first-order chi connectivity index (χ1) is 10.3. The largest absolute Gasteiger partial charge is 0.294 e. The lowest BCUT2D eigenvalue weighted by Gasteiger charge is -2.18. The fourth-order valence-corrected chi connectivity index (χ4v) is 3.72. The maximum absolute atomic E-state index is 12.1. The molecule has 0 saturated heterocycles. The zero-order valence-electron chi connectivity index (χ0n) is 12.3. The van der Waals surface area contributed by atoms with E-state index in [1.165, 1.54) is 53.5 Å². The van der Waals surface area contributed by atoms with E-state index in [0.717, 1.165) is 18.4 Å². The first-order valence-electron chi connectivity index (χ1n) is 8.09. The molecule has 2 aliphatic rings. The van der Waals surface area contributed by atoms with E-state index in [1.54, 1.807) is 0 Å². The van der Waals surface area contributed by atoms with Crippen molar-refractivity contribution in [3.8, 4) is 11.1 Å². The van der Waals surface area contributed by atoms with E-state index in [2.05, 4.69) is 36.4 Å². The van der Waals surface area contributed by atoms with Crippen molar-refractivity contribution in [2.24, 2.45) is 0 Å². The van der Waals surface area contributed by atoms with Crippen LogP contribution in [0.5, 0.6) is 0 Å². The predicted molar refractivity (Wildman–Crippen MR) is 85.8 cm³/mol. The molecule has 21 heavy (non-hydrogen) atoms. The first-order valence-corrected chi connectivity index (χ1v) is 8.09. The Labute approximate surface area is 126 Å². The van der Waals surface area contributed by atoms with Crippen LogP contribution >= 0.6 is 0 Å². The van der Waals surface area contributed by atoms with E-state index in [0.29, 0.717) is 12.2 Å². The fourth-order valence-electron chi connectivity index (χ4n) is 3.72. The third-order valence-electron chi connectivity index (χ3n) is 4.94. The van der Waals surface area contributed by atoms with Crippen LogP contribution in [0.4, 0.5) is 0 Å². The summed E-state index contributed by atoms with van der Waals surface area (Å²) in [6, 6.07) is 13.3. The number of carbonyl (C=O) groups is 1. The number of rotatable bonds is 1. The molecule has 0 radical (unpaired) electrons. The fraction of sp³-hybridized carbons (Fsp3) is 0.350. The van der Waals surface area contributed by atoms with Gasteiger partial charge in [-0.05, 0) is 72.4 Å². The number of aryl methyl sites for hydroxylation is 3. The van der Waals surface area contributed by atoms with Crippen molar-refractivity contribution in [1.29, 1.82) is 0 Å². The molecule has 0 fully saturated rings. The Balaban J connectivity index is 1.76. The molecule has 106 valence electrons. The molecule has 0 aromatic heterocycles. The Hall–Kier alpha value is -1.89. The normalized spacial score (nSPS) is 17.2. The lowest BCUT2D eigenvalue weighted by Crippen LogP contribution is -2.10. The second-order valence-electron chi connectivity index (χ2n) is 6.34.